The van der Waals surface area contributed by atoms with Crippen LogP contribution in [0.1, 0.15) is 51.0 Å². The van der Waals surface area contributed by atoms with Crippen LogP contribution in [0.25, 0.3) is 0 Å². The van der Waals surface area contributed by atoms with E-state index < -0.39 is 29.1 Å². The predicted octanol–water partition coefficient (Wildman–Crippen LogP) is 3.39. The molecule has 1 fully saturated rings. The monoisotopic (exact) mass is 447 g/mol. The molecule has 1 aromatic carbocycles. The number of nitrogens with zero attached hydrogens (tertiary/aromatic N) is 2. The molecule has 0 bridgehead atoms. The molecule has 8 nitrogen and oxygen atoms in total. The number of aromatic nitrogens is 2. The van der Waals surface area contributed by atoms with Crippen molar-refractivity contribution < 1.29 is 14.0 Å². The number of hydrogen-bond donors (Lipinski definition) is 3. The Bertz CT molecular complexity index is 1090. The average Bonchev–Trinajstić information content (AvgIpc) is 2.69. The first-order valence-corrected chi connectivity index (χ1v) is 10.6. The molecule has 3 heterocycles. The summed E-state index contributed by atoms with van der Waals surface area (Å²) >= 11 is 5.77. The molecule has 2 aromatic rings. The average molecular weight is 448 g/mol. The summed E-state index contributed by atoms with van der Waals surface area (Å²) in [6, 6.07) is 4.12. The van der Waals surface area contributed by atoms with Crippen LogP contribution in [-0.2, 0) is 9.59 Å². The van der Waals surface area contributed by atoms with Gasteiger partial charge in [-0.1, -0.05) is 11.6 Å². The fraction of sp³-hybridized carbons (Fsp3) is 0.429. The van der Waals surface area contributed by atoms with Gasteiger partial charge in [0.25, 0.3) is 5.56 Å². The Hall–Kier alpha value is -2.94. The smallest absolute Gasteiger partial charge is 0.258 e. The van der Waals surface area contributed by atoms with Crippen molar-refractivity contribution in [3.05, 3.63) is 45.0 Å². The Morgan fingerprint density at radius 1 is 1.26 bits per heavy atom. The maximum absolute atomic E-state index is 13.4. The van der Waals surface area contributed by atoms with Crippen LogP contribution in [0.15, 0.2) is 23.0 Å². The third-order valence-corrected chi connectivity index (χ3v) is 6.17. The Morgan fingerprint density at radius 3 is 2.65 bits per heavy atom. The number of carbonyl (C=O) groups is 2. The van der Waals surface area contributed by atoms with Gasteiger partial charge in [0.05, 0.1) is 16.5 Å². The van der Waals surface area contributed by atoms with E-state index >= 15 is 0 Å². The third kappa shape index (κ3) is 4.14. The highest BCUT2D eigenvalue weighted by Crippen LogP contribution is 2.32. The van der Waals surface area contributed by atoms with E-state index in [2.05, 4.69) is 34.4 Å². The van der Waals surface area contributed by atoms with Gasteiger partial charge in [0.1, 0.15) is 11.6 Å². The number of piperidine rings is 1. The molecule has 2 amide bonds. The van der Waals surface area contributed by atoms with Crippen molar-refractivity contribution in [2.45, 2.75) is 57.5 Å². The molecule has 1 aromatic heterocycles. The van der Waals surface area contributed by atoms with Gasteiger partial charge in [-0.15, -0.1) is 0 Å². The van der Waals surface area contributed by atoms with E-state index in [0.717, 1.165) is 25.3 Å². The minimum absolute atomic E-state index is 0.0947. The Labute approximate surface area is 183 Å². The predicted molar refractivity (Wildman–Crippen MR) is 116 cm³/mol. The van der Waals surface area contributed by atoms with Crippen molar-refractivity contribution >= 4 is 40.9 Å². The maximum atomic E-state index is 13.4. The Balaban J connectivity index is 1.67. The molecular formula is C21H23ClFN5O3. The summed E-state index contributed by atoms with van der Waals surface area (Å²) in [5.74, 6) is -2.15. The second-order valence-electron chi connectivity index (χ2n) is 8.11. The van der Waals surface area contributed by atoms with Gasteiger partial charge in [0, 0.05) is 24.2 Å². The summed E-state index contributed by atoms with van der Waals surface area (Å²) in [6.45, 7) is 4.13. The Morgan fingerprint density at radius 2 is 1.97 bits per heavy atom. The number of H-pyrrole nitrogens is 1. The molecule has 164 valence electrons. The van der Waals surface area contributed by atoms with E-state index in [1.54, 1.807) is 0 Å². The van der Waals surface area contributed by atoms with Crippen LogP contribution < -0.4 is 21.1 Å². The summed E-state index contributed by atoms with van der Waals surface area (Å²) in [7, 11) is 0. The molecule has 0 saturated carbocycles. The number of rotatable bonds is 3. The summed E-state index contributed by atoms with van der Waals surface area (Å²) in [4.78, 5) is 47.5. The van der Waals surface area contributed by atoms with Gasteiger partial charge in [-0.2, -0.15) is 4.98 Å². The lowest BCUT2D eigenvalue weighted by atomic mass is 9.92. The van der Waals surface area contributed by atoms with Crippen LogP contribution in [0.2, 0.25) is 5.02 Å². The van der Waals surface area contributed by atoms with Crippen LogP contribution >= 0.6 is 11.6 Å². The van der Waals surface area contributed by atoms with Crippen LogP contribution in [-0.4, -0.2) is 33.9 Å². The summed E-state index contributed by atoms with van der Waals surface area (Å²) in [6.07, 6.45) is 2.85. The minimum Gasteiger partial charge on any atom is -0.337 e. The van der Waals surface area contributed by atoms with Crippen molar-refractivity contribution in [3.63, 3.8) is 0 Å². The fourth-order valence-electron chi connectivity index (χ4n) is 4.35. The fourth-order valence-corrected chi connectivity index (χ4v) is 4.53. The van der Waals surface area contributed by atoms with E-state index in [1.807, 2.05) is 4.90 Å². The van der Waals surface area contributed by atoms with E-state index in [-0.39, 0.29) is 40.6 Å². The lowest BCUT2D eigenvalue weighted by Crippen LogP contribution is -2.46. The molecule has 3 atom stereocenters. The largest absolute Gasteiger partial charge is 0.337 e. The molecule has 0 radical (unpaired) electrons. The van der Waals surface area contributed by atoms with E-state index in [1.165, 1.54) is 12.1 Å². The number of halogens is 2. The highest BCUT2D eigenvalue weighted by atomic mass is 35.5. The molecule has 0 spiro atoms. The minimum atomic E-state index is -1.03. The number of fused-ring (bicyclic) bond motifs is 1. The topological polar surface area (TPSA) is 107 Å². The van der Waals surface area contributed by atoms with Crippen molar-refractivity contribution in [2.24, 2.45) is 0 Å². The number of hydrogen-bond acceptors (Lipinski definition) is 5. The summed E-state index contributed by atoms with van der Waals surface area (Å²) in [5, 5.41) is 5.08. The highest BCUT2D eigenvalue weighted by molar-refractivity contribution is 6.31. The summed E-state index contributed by atoms with van der Waals surface area (Å²) in [5.41, 5.74) is -0.102. The van der Waals surface area contributed by atoms with Gasteiger partial charge in [0.2, 0.25) is 17.8 Å². The van der Waals surface area contributed by atoms with Crippen LogP contribution in [0.5, 0.6) is 0 Å². The first-order valence-electron chi connectivity index (χ1n) is 10.2. The zero-order chi connectivity index (χ0) is 22.3. The number of aromatic amines is 1. The lowest BCUT2D eigenvalue weighted by Gasteiger charge is -2.39. The van der Waals surface area contributed by atoms with Crippen molar-refractivity contribution in [1.29, 1.82) is 0 Å². The standard InChI is InChI=1S/C21H23ClFN5O3/c1-10-4-3-5-11(2)28(10)21-26-18-17(20(31)27-21)13(9-16(29)25-18)19(30)24-12-6-7-15(23)14(22)8-12/h6-8,10-11,13H,3-5,9H2,1-2H3,(H,24,30)(H2,25,26,27,29,31). The molecule has 1 saturated heterocycles. The number of amides is 2. The van der Waals surface area contributed by atoms with E-state index in [4.69, 9.17) is 11.6 Å². The van der Waals surface area contributed by atoms with Crippen molar-refractivity contribution in [2.75, 3.05) is 15.5 Å². The van der Waals surface area contributed by atoms with E-state index in [0.29, 0.717) is 5.95 Å². The van der Waals surface area contributed by atoms with Gasteiger partial charge in [0.15, 0.2) is 0 Å². The number of carbonyl (C=O) groups excluding carboxylic acids is 2. The molecule has 10 heteroatoms. The lowest BCUT2D eigenvalue weighted by molar-refractivity contribution is -0.123. The number of nitrogens with one attached hydrogen (secondary N) is 3. The Kier molecular flexibility index (Phi) is 5.70. The van der Waals surface area contributed by atoms with E-state index in [9.17, 15) is 18.8 Å². The third-order valence-electron chi connectivity index (χ3n) is 5.88. The first-order chi connectivity index (χ1) is 14.7. The first kappa shape index (κ1) is 21.3. The highest BCUT2D eigenvalue weighted by Gasteiger charge is 2.36. The van der Waals surface area contributed by atoms with Crippen molar-refractivity contribution in [1.82, 2.24) is 9.97 Å². The van der Waals surface area contributed by atoms with Gasteiger partial charge in [-0.05, 0) is 51.3 Å². The molecule has 31 heavy (non-hydrogen) atoms. The molecule has 3 N–H and O–H groups in total. The molecular weight excluding hydrogens is 425 g/mol. The molecule has 4 rings (SSSR count). The molecule has 3 unspecified atom stereocenters. The van der Waals surface area contributed by atoms with Gasteiger partial charge in [-0.25, -0.2) is 4.39 Å². The van der Waals surface area contributed by atoms with Crippen molar-refractivity contribution in [3.8, 4) is 0 Å². The molecule has 0 aliphatic carbocycles. The normalized spacial score (nSPS) is 23.2. The quantitative estimate of drug-likeness (QED) is 0.668. The van der Waals surface area contributed by atoms with Gasteiger partial charge < -0.3 is 15.5 Å². The number of benzene rings is 1. The van der Waals surface area contributed by atoms with Gasteiger partial charge in [-0.3, -0.25) is 19.4 Å². The second-order valence-corrected chi connectivity index (χ2v) is 8.52. The van der Waals surface area contributed by atoms with Gasteiger partial charge >= 0.3 is 0 Å². The molecule has 2 aliphatic rings. The second kappa shape index (κ2) is 8.30. The molecule has 2 aliphatic heterocycles. The van der Waals surface area contributed by atoms with Crippen LogP contribution in [0, 0.1) is 5.82 Å². The zero-order valence-corrected chi connectivity index (χ0v) is 17.9. The van der Waals surface area contributed by atoms with Crippen LogP contribution in [0.4, 0.5) is 21.8 Å². The zero-order valence-electron chi connectivity index (χ0n) is 17.2. The summed E-state index contributed by atoms with van der Waals surface area (Å²) < 4.78 is 13.4. The van der Waals surface area contributed by atoms with Crippen LogP contribution in [0.3, 0.4) is 0 Å². The SMILES string of the molecule is CC1CCCC(C)N1c1nc2c(c(=O)[nH]1)C(C(=O)Nc1ccc(F)c(Cl)c1)CC(=O)N2. The maximum Gasteiger partial charge on any atom is 0.258 e. The number of anilines is 3.